The van der Waals surface area contributed by atoms with E-state index >= 15 is 0 Å². The lowest BCUT2D eigenvalue weighted by Gasteiger charge is -2.15. The van der Waals surface area contributed by atoms with Crippen LogP contribution < -0.4 is 9.64 Å². The molecule has 0 radical (unpaired) electrons. The molecule has 0 spiro atoms. The van der Waals surface area contributed by atoms with Crippen LogP contribution in [0, 0.1) is 0 Å². The molecule has 118 valence electrons. The fourth-order valence-corrected chi connectivity index (χ4v) is 2.93. The minimum Gasteiger partial charge on any atom is -0.463 e. The zero-order valence-electron chi connectivity index (χ0n) is 12.7. The van der Waals surface area contributed by atoms with Gasteiger partial charge < -0.3 is 9.64 Å². The van der Waals surface area contributed by atoms with Gasteiger partial charge in [-0.15, -0.1) is 0 Å². The Morgan fingerprint density at radius 2 is 2.00 bits per heavy atom. The van der Waals surface area contributed by atoms with Crippen LogP contribution in [0.1, 0.15) is 12.8 Å². The number of imidazole rings is 1. The number of alkyl halides is 1. The van der Waals surface area contributed by atoms with Crippen molar-refractivity contribution >= 4 is 11.6 Å². The largest absolute Gasteiger partial charge is 0.463 e. The van der Waals surface area contributed by atoms with Gasteiger partial charge in [0.25, 0.3) is 0 Å². The highest BCUT2D eigenvalue weighted by Crippen LogP contribution is 2.24. The van der Waals surface area contributed by atoms with Crippen molar-refractivity contribution in [1.82, 2.24) is 14.4 Å². The molecule has 4 rings (SSSR count). The van der Waals surface area contributed by atoms with E-state index < -0.39 is 6.86 Å². The molecule has 2 aromatic heterocycles. The topological polar surface area (TPSA) is 42.7 Å². The number of rotatable bonds is 4. The van der Waals surface area contributed by atoms with Gasteiger partial charge in [-0.2, -0.15) is 4.98 Å². The summed E-state index contributed by atoms with van der Waals surface area (Å²) in [6, 6.07) is 9.28. The Hall–Kier alpha value is -2.63. The van der Waals surface area contributed by atoms with Crippen LogP contribution in [0.15, 0.2) is 42.7 Å². The first kappa shape index (κ1) is 14.0. The third kappa shape index (κ3) is 2.72. The summed E-state index contributed by atoms with van der Waals surface area (Å²) in [4.78, 5) is 11.5. The number of hydrogen-bond donors (Lipinski definition) is 0. The lowest BCUT2D eigenvalue weighted by atomic mass is 10.1. The third-order valence-corrected chi connectivity index (χ3v) is 4.09. The molecule has 0 unspecified atom stereocenters. The van der Waals surface area contributed by atoms with Crippen LogP contribution in [-0.4, -0.2) is 34.3 Å². The molecule has 0 aliphatic carbocycles. The monoisotopic (exact) mass is 312 g/mol. The number of halogens is 1. The molecule has 0 bridgehead atoms. The molecule has 6 heteroatoms. The van der Waals surface area contributed by atoms with Gasteiger partial charge in [0.05, 0.1) is 5.69 Å². The standard InChI is InChI=1S/C17H17FN4O/c18-12-23-14-5-3-4-13(10-14)15-11-22-9-6-16(20-17(22)19-15)21-7-1-2-8-21/h3-6,9-11H,1-2,7-8,12H2. The maximum atomic E-state index is 12.3. The molecular weight excluding hydrogens is 295 g/mol. The van der Waals surface area contributed by atoms with Gasteiger partial charge in [-0.1, -0.05) is 12.1 Å². The molecule has 1 aliphatic rings. The van der Waals surface area contributed by atoms with Crippen molar-refractivity contribution in [2.45, 2.75) is 12.8 Å². The quantitative estimate of drug-likeness (QED) is 0.741. The van der Waals surface area contributed by atoms with E-state index in [1.54, 1.807) is 12.1 Å². The molecule has 1 saturated heterocycles. The lowest BCUT2D eigenvalue weighted by Crippen LogP contribution is -2.19. The van der Waals surface area contributed by atoms with Gasteiger partial charge in [0.1, 0.15) is 11.6 Å². The molecule has 1 aromatic carbocycles. The summed E-state index contributed by atoms with van der Waals surface area (Å²) in [6.45, 7) is 1.27. The van der Waals surface area contributed by atoms with E-state index in [-0.39, 0.29) is 0 Å². The molecule has 3 heterocycles. The number of aromatic nitrogens is 3. The molecular formula is C17H17FN4O. The van der Waals surface area contributed by atoms with Crippen LogP contribution in [0.4, 0.5) is 10.2 Å². The number of nitrogens with zero attached hydrogens (tertiary/aromatic N) is 4. The Kier molecular flexibility index (Phi) is 3.57. The highest BCUT2D eigenvalue weighted by molar-refractivity contribution is 5.63. The predicted octanol–water partition coefficient (Wildman–Crippen LogP) is 3.30. The Morgan fingerprint density at radius 1 is 1.13 bits per heavy atom. The van der Waals surface area contributed by atoms with E-state index in [1.807, 2.05) is 35.0 Å². The average molecular weight is 312 g/mol. The van der Waals surface area contributed by atoms with E-state index in [9.17, 15) is 4.39 Å². The lowest BCUT2D eigenvalue weighted by molar-refractivity contribution is 0.192. The Bertz CT molecular complexity index is 826. The summed E-state index contributed by atoms with van der Waals surface area (Å²) in [7, 11) is 0. The first-order valence-electron chi connectivity index (χ1n) is 7.73. The van der Waals surface area contributed by atoms with Crippen LogP contribution in [0.25, 0.3) is 17.0 Å². The second-order valence-electron chi connectivity index (χ2n) is 5.59. The van der Waals surface area contributed by atoms with Crippen molar-refractivity contribution in [1.29, 1.82) is 0 Å². The van der Waals surface area contributed by atoms with E-state index in [2.05, 4.69) is 14.9 Å². The molecule has 0 N–H and O–H groups in total. The van der Waals surface area contributed by atoms with Crippen LogP contribution in [0.3, 0.4) is 0 Å². The van der Waals surface area contributed by atoms with Crippen molar-refractivity contribution < 1.29 is 9.13 Å². The molecule has 1 aliphatic heterocycles. The zero-order chi connectivity index (χ0) is 15.6. The number of fused-ring (bicyclic) bond motifs is 1. The minimum absolute atomic E-state index is 0.493. The van der Waals surface area contributed by atoms with E-state index in [1.165, 1.54) is 12.8 Å². The number of ether oxygens (including phenoxy) is 1. The summed E-state index contributed by atoms with van der Waals surface area (Å²) in [6.07, 6.45) is 6.33. The molecule has 0 saturated carbocycles. The van der Waals surface area contributed by atoms with Gasteiger partial charge in [0.15, 0.2) is 0 Å². The van der Waals surface area contributed by atoms with Crippen molar-refractivity contribution in [3.05, 3.63) is 42.7 Å². The molecule has 3 aromatic rings. The van der Waals surface area contributed by atoms with Crippen LogP contribution in [-0.2, 0) is 0 Å². The zero-order valence-corrected chi connectivity index (χ0v) is 12.7. The molecule has 23 heavy (non-hydrogen) atoms. The first-order chi connectivity index (χ1) is 11.3. The van der Waals surface area contributed by atoms with E-state index in [0.29, 0.717) is 11.5 Å². The molecule has 0 amide bonds. The van der Waals surface area contributed by atoms with Gasteiger partial charge in [-0.25, -0.2) is 9.37 Å². The van der Waals surface area contributed by atoms with E-state index in [0.717, 1.165) is 30.2 Å². The maximum Gasteiger partial charge on any atom is 0.236 e. The highest BCUT2D eigenvalue weighted by Gasteiger charge is 2.15. The smallest absolute Gasteiger partial charge is 0.236 e. The van der Waals surface area contributed by atoms with Gasteiger partial charge in [-0.3, -0.25) is 4.40 Å². The fraction of sp³-hybridized carbons (Fsp3) is 0.294. The number of benzene rings is 1. The van der Waals surface area contributed by atoms with Gasteiger partial charge in [-0.05, 0) is 31.0 Å². The Morgan fingerprint density at radius 3 is 2.83 bits per heavy atom. The van der Waals surface area contributed by atoms with Crippen LogP contribution in [0.5, 0.6) is 5.75 Å². The minimum atomic E-state index is -0.838. The fourth-order valence-electron chi connectivity index (χ4n) is 2.93. The van der Waals surface area contributed by atoms with Gasteiger partial charge in [0.2, 0.25) is 12.6 Å². The predicted molar refractivity (Wildman–Crippen MR) is 86.5 cm³/mol. The summed E-state index contributed by atoms with van der Waals surface area (Å²) < 4.78 is 19.1. The summed E-state index contributed by atoms with van der Waals surface area (Å²) in [5.74, 6) is 2.13. The number of anilines is 1. The summed E-state index contributed by atoms with van der Waals surface area (Å²) in [5, 5.41) is 0. The van der Waals surface area contributed by atoms with Gasteiger partial charge >= 0.3 is 0 Å². The SMILES string of the molecule is FCOc1cccc(-c2cn3ccc(N4CCCC4)nc3n2)c1. The second-order valence-corrected chi connectivity index (χ2v) is 5.59. The van der Waals surface area contributed by atoms with E-state index in [4.69, 9.17) is 4.74 Å². The normalized spacial score (nSPS) is 14.6. The maximum absolute atomic E-state index is 12.3. The van der Waals surface area contributed by atoms with Crippen molar-refractivity contribution in [2.24, 2.45) is 0 Å². The number of hydrogen-bond acceptors (Lipinski definition) is 4. The molecule has 1 fully saturated rings. The van der Waals surface area contributed by atoms with Crippen molar-refractivity contribution in [3.63, 3.8) is 0 Å². The van der Waals surface area contributed by atoms with Gasteiger partial charge in [0, 0.05) is 31.0 Å². The average Bonchev–Trinajstić information content (AvgIpc) is 3.24. The third-order valence-electron chi connectivity index (χ3n) is 4.09. The van der Waals surface area contributed by atoms with Crippen LogP contribution >= 0.6 is 0 Å². The first-order valence-corrected chi connectivity index (χ1v) is 7.73. The Labute approximate surface area is 133 Å². The summed E-state index contributed by atoms with van der Waals surface area (Å²) >= 11 is 0. The highest BCUT2D eigenvalue weighted by atomic mass is 19.1. The molecule has 0 atom stereocenters. The van der Waals surface area contributed by atoms with Crippen LogP contribution in [0.2, 0.25) is 0 Å². The molecule has 5 nitrogen and oxygen atoms in total. The van der Waals surface area contributed by atoms with Crippen molar-refractivity contribution in [3.8, 4) is 17.0 Å². The Balaban J connectivity index is 1.69. The van der Waals surface area contributed by atoms with Crippen molar-refractivity contribution in [2.75, 3.05) is 24.9 Å². The second kappa shape index (κ2) is 5.87. The summed E-state index contributed by atoms with van der Waals surface area (Å²) in [5.41, 5.74) is 1.67.